The zero-order valence-corrected chi connectivity index (χ0v) is 38.6. The summed E-state index contributed by atoms with van der Waals surface area (Å²) in [5.41, 5.74) is 0.806. The highest BCUT2D eigenvalue weighted by molar-refractivity contribution is 7.90. The molecule has 3 heterocycles. The van der Waals surface area contributed by atoms with Crippen molar-refractivity contribution in [3.63, 3.8) is 0 Å². The number of benzene rings is 3. The molecule has 0 atom stereocenters. The molecule has 0 radical (unpaired) electrons. The summed E-state index contributed by atoms with van der Waals surface area (Å²) in [6, 6.07) is 13.0. The van der Waals surface area contributed by atoms with E-state index in [-0.39, 0.29) is 51.7 Å². The van der Waals surface area contributed by atoms with Gasteiger partial charge in [0, 0.05) is 24.1 Å². The summed E-state index contributed by atoms with van der Waals surface area (Å²) in [6.07, 6.45) is -1.59. The maximum absolute atomic E-state index is 14.3. The minimum absolute atomic E-state index is 0.00962. The van der Waals surface area contributed by atoms with Crippen LogP contribution in [0.25, 0.3) is 10.9 Å². The van der Waals surface area contributed by atoms with Gasteiger partial charge in [-0.3, -0.25) is 15.1 Å². The van der Waals surface area contributed by atoms with Crippen LogP contribution in [0.1, 0.15) is 57.3 Å². The second-order valence-electron chi connectivity index (χ2n) is 14.7. The Morgan fingerprint density at radius 2 is 1.68 bits per heavy atom. The number of aryl methyl sites for hydroxylation is 2. The average Bonchev–Trinajstić information content (AvgIpc) is 3.90. The number of fused-ring (bicyclic) bond motifs is 1. The lowest BCUT2D eigenvalue weighted by Crippen LogP contribution is -2.35. The summed E-state index contributed by atoms with van der Waals surface area (Å²) >= 11 is 12.0. The molecular weight excluding hydrogens is 969 g/mol. The maximum Gasteiger partial charge on any atom is 0.427 e. The van der Waals surface area contributed by atoms with Gasteiger partial charge < -0.3 is 24.1 Å². The van der Waals surface area contributed by atoms with Gasteiger partial charge in [-0.1, -0.05) is 41.4 Å². The van der Waals surface area contributed by atoms with E-state index in [1.165, 1.54) is 38.3 Å². The van der Waals surface area contributed by atoms with Gasteiger partial charge in [-0.2, -0.15) is 28.1 Å². The Bertz CT molecular complexity index is 2850. The number of imide groups is 1. The first-order chi connectivity index (χ1) is 32.1. The van der Waals surface area contributed by atoms with E-state index in [2.05, 4.69) is 25.3 Å². The Hall–Kier alpha value is -6.85. The van der Waals surface area contributed by atoms with Crippen LogP contribution >= 0.6 is 23.2 Å². The van der Waals surface area contributed by atoms with E-state index in [9.17, 15) is 45.2 Å². The summed E-state index contributed by atoms with van der Waals surface area (Å²) in [4.78, 5) is 62.4. The number of aromatic nitrogens is 4. The number of ether oxygens (including phenoxy) is 4. The molecule has 0 spiro atoms. The fourth-order valence-electron chi connectivity index (χ4n) is 6.38. The Labute approximate surface area is 395 Å². The number of pyridine rings is 1. The highest BCUT2D eigenvalue weighted by Crippen LogP contribution is 2.38. The molecule has 3 aromatic carbocycles. The van der Waals surface area contributed by atoms with Crippen LogP contribution in [0.15, 0.2) is 83.1 Å². The number of nitrogens with zero attached hydrogens (tertiary/aromatic N) is 5. The molecule has 1 aliphatic carbocycles. The largest absolute Gasteiger partial charge is 0.489 e. The second kappa shape index (κ2) is 22.8. The van der Waals surface area contributed by atoms with Crippen molar-refractivity contribution >= 4 is 79.8 Å². The minimum atomic E-state index is -4.45. The van der Waals surface area contributed by atoms with Gasteiger partial charge in [0.05, 0.1) is 33.8 Å². The molecule has 7 rings (SSSR count). The lowest BCUT2D eigenvalue weighted by molar-refractivity contribution is -0.139. The van der Waals surface area contributed by atoms with Gasteiger partial charge >= 0.3 is 36.2 Å². The molecule has 362 valence electrons. The number of amides is 4. The van der Waals surface area contributed by atoms with Crippen molar-refractivity contribution in [3.05, 3.63) is 105 Å². The summed E-state index contributed by atoms with van der Waals surface area (Å²) in [5, 5.41) is 12.0. The monoisotopic (exact) mass is 1010 g/mol. The molecule has 25 heteroatoms. The third kappa shape index (κ3) is 14.1. The number of alkyl halides is 3. The molecule has 1 aliphatic heterocycles. The number of rotatable bonds is 12. The number of sulfonamides is 1. The zero-order valence-electron chi connectivity index (χ0n) is 36.3. The minimum Gasteiger partial charge on any atom is -0.489 e. The quantitative estimate of drug-likeness (QED) is 0.0780. The summed E-state index contributed by atoms with van der Waals surface area (Å²) in [6.45, 7) is 4.38. The predicted molar refractivity (Wildman–Crippen MR) is 238 cm³/mol. The number of carbonyl (C=O) groups is 4. The molecular formula is C43H41Cl2F4N7O11S. The van der Waals surface area contributed by atoms with Crippen molar-refractivity contribution in [1.82, 2.24) is 24.7 Å². The van der Waals surface area contributed by atoms with E-state index < -0.39 is 70.4 Å². The summed E-state index contributed by atoms with van der Waals surface area (Å²) in [7, 11) is -3.14. The Kier molecular flexibility index (Phi) is 17.4. The smallest absolute Gasteiger partial charge is 0.427 e. The molecule has 18 nitrogen and oxygen atoms in total. The number of carbonyl (C=O) groups excluding carboxylic acids is 3. The van der Waals surface area contributed by atoms with E-state index in [0.717, 1.165) is 43.2 Å². The van der Waals surface area contributed by atoms with Gasteiger partial charge in [0.1, 0.15) is 28.7 Å². The summed E-state index contributed by atoms with van der Waals surface area (Å²) in [5.74, 6) is -1.99. The molecule has 2 aromatic heterocycles. The number of hydrogen-bond acceptors (Lipinski definition) is 14. The van der Waals surface area contributed by atoms with Crippen LogP contribution in [0, 0.1) is 12.7 Å². The number of hydrogen-bond donors (Lipinski definition) is 3. The molecule has 3 N–H and O–H groups in total. The molecule has 1 saturated heterocycles. The Morgan fingerprint density at radius 3 is 2.32 bits per heavy atom. The van der Waals surface area contributed by atoms with Crippen LogP contribution in [0.3, 0.4) is 0 Å². The van der Waals surface area contributed by atoms with E-state index in [4.69, 9.17) is 47.3 Å². The third-order valence-corrected chi connectivity index (χ3v) is 11.5. The second-order valence-corrected chi connectivity index (χ2v) is 17.2. The fourth-order valence-corrected chi connectivity index (χ4v) is 7.96. The first-order valence-corrected chi connectivity index (χ1v) is 22.3. The topological polar surface area (TPSA) is 238 Å². The lowest BCUT2D eigenvalue weighted by Gasteiger charge is -2.18. The maximum atomic E-state index is 14.3. The van der Waals surface area contributed by atoms with Gasteiger partial charge in [-0.15, -0.1) is 0 Å². The number of urea groups is 1. The third-order valence-electron chi connectivity index (χ3n) is 9.39. The van der Waals surface area contributed by atoms with Gasteiger partial charge in [0.25, 0.3) is 10.0 Å². The number of anilines is 2. The van der Waals surface area contributed by atoms with Crippen molar-refractivity contribution in [1.29, 1.82) is 0 Å². The van der Waals surface area contributed by atoms with E-state index in [1.54, 1.807) is 49.0 Å². The highest BCUT2D eigenvalue weighted by Gasteiger charge is 2.40. The molecule has 0 bridgehead atoms. The van der Waals surface area contributed by atoms with Crippen LogP contribution < -0.4 is 29.1 Å². The number of aliphatic carboxylic acids is 1. The van der Waals surface area contributed by atoms with E-state index in [1.807, 2.05) is 0 Å². The Morgan fingerprint density at radius 1 is 0.971 bits per heavy atom. The van der Waals surface area contributed by atoms with Crippen LogP contribution in [-0.2, 0) is 30.8 Å². The molecule has 1 saturated carbocycles. The van der Waals surface area contributed by atoms with Crippen molar-refractivity contribution in [2.45, 2.75) is 76.5 Å². The van der Waals surface area contributed by atoms with Gasteiger partial charge in [-0.05, 0) is 100 Å². The van der Waals surface area contributed by atoms with Gasteiger partial charge in [0.2, 0.25) is 5.95 Å². The number of carboxylic acid groups (broad SMARTS) is 1. The van der Waals surface area contributed by atoms with Crippen molar-refractivity contribution in [3.8, 4) is 17.5 Å². The molecule has 0 unspecified atom stereocenters. The number of nitrogens with one attached hydrogen (secondary N) is 2. The van der Waals surface area contributed by atoms with E-state index >= 15 is 0 Å². The van der Waals surface area contributed by atoms with Crippen molar-refractivity contribution in [2.75, 3.05) is 23.9 Å². The highest BCUT2D eigenvalue weighted by atomic mass is 35.5. The number of halogens is 6. The Balaban J connectivity index is 0.000000197. The van der Waals surface area contributed by atoms with Gasteiger partial charge in [-0.25, -0.2) is 36.8 Å². The molecule has 5 aromatic rings. The molecule has 4 amide bonds. The first kappa shape index (κ1) is 52.1. The van der Waals surface area contributed by atoms with Crippen LogP contribution in [0.5, 0.6) is 17.5 Å². The normalized spacial score (nSPS) is 13.7. The molecule has 68 heavy (non-hydrogen) atoms. The number of cyclic esters (lactones) is 1. The number of allylic oxidation sites excluding steroid dienone is 1. The SMILES string of the molecule is CC(C)=C1OC(=O)N(c2cc(OC3CCCC3)c(Cl)cc2F)C1=O.COc1nc(C)nc(NC(=O)NS(=O)(=O)c2ccccc2CCC(F)(F)F)n1.O=C(O)COc1ccc(Cl)c2cccnc12. The van der Waals surface area contributed by atoms with Crippen LogP contribution in [-0.4, -0.2) is 83.5 Å². The average molecular weight is 1010 g/mol. The van der Waals surface area contributed by atoms with Crippen molar-refractivity contribution in [2.24, 2.45) is 0 Å². The predicted octanol–water partition coefficient (Wildman–Crippen LogP) is 9.12. The first-order valence-electron chi connectivity index (χ1n) is 20.1. The van der Waals surface area contributed by atoms with Crippen molar-refractivity contribution < 1.29 is 69.2 Å². The number of carboxylic acids is 1. The van der Waals surface area contributed by atoms with E-state index in [0.29, 0.717) is 26.8 Å². The standard InChI is InChI=1S/C17H17ClFNO4.C15H16F3N5O4S.C11H8ClNO3/c1-9(2)15-16(21)20(17(22)24-15)13-8-14(11(18)7-12(13)19)23-10-5-3-4-6-10;1-9-19-12(22-14(20-9)27-2)21-13(24)23-28(25,26)11-6-4-3-5-10(11)7-8-15(16,17)18;12-8-3-4-9(16-6-10(14)15)11-7(8)2-1-5-13-11/h7-8,10H,3-6H2,1-2H3;3-6H,7-8H2,1-2H3,(H2,19,20,21,22,23,24);1-5H,6H2,(H,14,15). The fraction of sp³-hybridized carbons (Fsp3) is 0.302. The summed E-state index contributed by atoms with van der Waals surface area (Å²) < 4.78 is 98.9. The zero-order chi connectivity index (χ0) is 49.9. The number of methoxy groups -OCH3 is 1. The van der Waals surface area contributed by atoms with Crippen LogP contribution in [0.2, 0.25) is 10.0 Å². The molecule has 2 aliphatic rings. The van der Waals surface area contributed by atoms with Crippen LogP contribution in [0.4, 0.5) is 38.8 Å². The lowest BCUT2D eigenvalue weighted by atomic mass is 10.1. The van der Waals surface area contributed by atoms with Gasteiger partial charge in [0.15, 0.2) is 12.4 Å². The molecule has 2 fully saturated rings.